The molecule has 0 amide bonds. The maximum absolute atomic E-state index is 4.33. The highest BCUT2D eigenvalue weighted by Gasteiger charge is 1.97. The van der Waals surface area contributed by atoms with E-state index >= 15 is 0 Å². The molecule has 1 aromatic rings. The lowest BCUT2D eigenvalue weighted by molar-refractivity contribution is 0.798. The van der Waals surface area contributed by atoms with Gasteiger partial charge in [-0.3, -0.25) is 0 Å². The summed E-state index contributed by atoms with van der Waals surface area (Å²) in [4.78, 5) is 4.33. The van der Waals surface area contributed by atoms with E-state index in [4.69, 9.17) is 0 Å². The van der Waals surface area contributed by atoms with E-state index < -0.39 is 0 Å². The molecule has 0 aliphatic rings. The van der Waals surface area contributed by atoms with Gasteiger partial charge >= 0.3 is 0 Å². The zero-order valence-electron chi connectivity index (χ0n) is 6.85. The van der Waals surface area contributed by atoms with E-state index in [0.29, 0.717) is 0 Å². The van der Waals surface area contributed by atoms with Crippen LogP contribution in [0.5, 0.6) is 0 Å². The summed E-state index contributed by atoms with van der Waals surface area (Å²) in [6.07, 6.45) is 0. The van der Waals surface area contributed by atoms with Crippen molar-refractivity contribution < 1.29 is 0 Å². The zero-order valence-corrected chi connectivity index (χ0v) is 7.66. The number of nitrogens with zero attached hydrogens (tertiary/aromatic N) is 1. The van der Waals surface area contributed by atoms with Crippen LogP contribution in [0.15, 0.2) is 5.38 Å². The first-order chi connectivity index (χ1) is 5.36. The monoisotopic (exact) mass is 171 g/mol. The Kier molecular flexibility index (Phi) is 3.32. The van der Waals surface area contributed by atoms with E-state index in [9.17, 15) is 0 Å². The Morgan fingerprint density at radius 2 is 2.45 bits per heavy atom. The Morgan fingerprint density at radius 1 is 1.64 bits per heavy atom. The molecule has 0 aliphatic heterocycles. The van der Waals surface area contributed by atoms with Gasteiger partial charge in [0.25, 0.3) is 0 Å². The van der Waals surface area contributed by atoms with Gasteiger partial charge < -0.3 is 10.6 Å². The minimum absolute atomic E-state index is 0.849. The molecule has 1 heterocycles. The van der Waals surface area contributed by atoms with Crippen molar-refractivity contribution in [2.24, 2.45) is 0 Å². The summed E-state index contributed by atoms with van der Waals surface area (Å²) in [5.74, 6) is 0. The third-order valence-corrected chi connectivity index (χ3v) is 2.09. The Hall–Kier alpha value is -0.610. The molecule has 1 rings (SSSR count). The SMILES string of the molecule is CCNc1nc(CNC)cs1. The van der Waals surface area contributed by atoms with Gasteiger partial charge in [0, 0.05) is 18.5 Å². The third-order valence-electron chi connectivity index (χ3n) is 1.24. The Bertz CT molecular complexity index is 189. The predicted molar refractivity (Wildman–Crippen MR) is 49.0 cm³/mol. The molecule has 4 heteroatoms. The second kappa shape index (κ2) is 4.31. The largest absolute Gasteiger partial charge is 0.362 e. The van der Waals surface area contributed by atoms with E-state index in [0.717, 1.165) is 23.9 Å². The van der Waals surface area contributed by atoms with E-state index in [2.05, 4.69) is 27.9 Å². The van der Waals surface area contributed by atoms with Gasteiger partial charge in [-0.25, -0.2) is 4.98 Å². The molecule has 62 valence electrons. The van der Waals surface area contributed by atoms with Gasteiger partial charge in [-0.15, -0.1) is 11.3 Å². The number of hydrogen-bond acceptors (Lipinski definition) is 4. The molecule has 0 saturated heterocycles. The fourth-order valence-corrected chi connectivity index (χ4v) is 1.58. The summed E-state index contributed by atoms with van der Waals surface area (Å²) in [5, 5.41) is 9.30. The summed E-state index contributed by atoms with van der Waals surface area (Å²) in [6, 6.07) is 0. The van der Waals surface area contributed by atoms with Crippen LogP contribution in [0.3, 0.4) is 0 Å². The highest BCUT2D eigenvalue weighted by molar-refractivity contribution is 7.13. The average molecular weight is 171 g/mol. The maximum Gasteiger partial charge on any atom is 0.182 e. The first-order valence-corrected chi connectivity index (χ1v) is 4.57. The molecule has 0 unspecified atom stereocenters. The van der Waals surface area contributed by atoms with Gasteiger partial charge in [-0.2, -0.15) is 0 Å². The average Bonchev–Trinajstić information content (AvgIpc) is 2.38. The van der Waals surface area contributed by atoms with Crippen LogP contribution in [0.4, 0.5) is 5.13 Å². The smallest absolute Gasteiger partial charge is 0.182 e. The molecule has 0 radical (unpaired) electrons. The molecule has 0 atom stereocenters. The molecule has 0 saturated carbocycles. The number of thiazole rings is 1. The van der Waals surface area contributed by atoms with Crippen LogP contribution in [0.25, 0.3) is 0 Å². The molecular weight excluding hydrogens is 158 g/mol. The van der Waals surface area contributed by atoms with Crippen molar-refractivity contribution in [2.45, 2.75) is 13.5 Å². The fraction of sp³-hybridized carbons (Fsp3) is 0.571. The summed E-state index contributed by atoms with van der Waals surface area (Å²) in [6.45, 7) is 3.85. The van der Waals surface area contributed by atoms with E-state index in [1.54, 1.807) is 11.3 Å². The van der Waals surface area contributed by atoms with Crippen molar-refractivity contribution in [1.82, 2.24) is 10.3 Å². The minimum Gasteiger partial charge on any atom is -0.362 e. The lowest BCUT2D eigenvalue weighted by Crippen LogP contribution is -2.05. The molecule has 3 nitrogen and oxygen atoms in total. The van der Waals surface area contributed by atoms with Gasteiger partial charge in [0.15, 0.2) is 5.13 Å². The van der Waals surface area contributed by atoms with Gasteiger partial charge in [0.1, 0.15) is 0 Å². The second-order valence-electron chi connectivity index (χ2n) is 2.20. The van der Waals surface area contributed by atoms with Crippen molar-refractivity contribution in [3.05, 3.63) is 11.1 Å². The van der Waals surface area contributed by atoms with Crippen LogP contribution in [0.2, 0.25) is 0 Å². The van der Waals surface area contributed by atoms with Crippen LogP contribution in [-0.4, -0.2) is 18.6 Å². The molecule has 0 bridgehead atoms. The van der Waals surface area contributed by atoms with E-state index in [1.807, 2.05) is 7.05 Å². The first kappa shape index (κ1) is 8.49. The molecule has 11 heavy (non-hydrogen) atoms. The van der Waals surface area contributed by atoms with Gasteiger partial charge in [-0.1, -0.05) is 0 Å². The quantitative estimate of drug-likeness (QED) is 0.717. The summed E-state index contributed by atoms with van der Waals surface area (Å²) >= 11 is 1.65. The molecule has 0 fully saturated rings. The molecular formula is C7H13N3S. The number of anilines is 1. The molecule has 0 spiro atoms. The summed E-state index contributed by atoms with van der Waals surface area (Å²) in [7, 11) is 1.92. The molecule has 0 aliphatic carbocycles. The Balaban J connectivity index is 2.51. The third kappa shape index (κ3) is 2.48. The van der Waals surface area contributed by atoms with Crippen molar-refractivity contribution in [1.29, 1.82) is 0 Å². The maximum atomic E-state index is 4.33. The molecule has 1 aromatic heterocycles. The lowest BCUT2D eigenvalue weighted by Gasteiger charge is -1.94. The lowest BCUT2D eigenvalue weighted by atomic mass is 10.5. The van der Waals surface area contributed by atoms with Crippen LogP contribution in [0.1, 0.15) is 12.6 Å². The molecule has 0 aromatic carbocycles. The summed E-state index contributed by atoms with van der Waals surface area (Å²) < 4.78 is 0. The van der Waals surface area contributed by atoms with E-state index in [-0.39, 0.29) is 0 Å². The Labute approximate surface area is 70.9 Å². The Morgan fingerprint density at radius 3 is 3.09 bits per heavy atom. The second-order valence-corrected chi connectivity index (χ2v) is 3.06. The zero-order chi connectivity index (χ0) is 8.10. The van der Waals surface area contributed by atoms with Gasteiger partial charge in [-0.05, 0) is 14.0 Å². The van der Waals surface area contributed by atoms with Crippen molar-refractivity contribution in [3.8, 4) is 0 Å². The van der Waals surface area contributed by atoms with Crippen LogP contribution >= 0.6 is 11.3 Å². The fourth-order valence-electron chi connectivity index (χ4n) is 0.802. The van der Waals surface area contributed by atoms with Crippen LogP contribution in [0, 0.1) is 0 Å². The van der Waals surface area contributed by atoms with Crippen molar-refractivity contribution >= 4 is 16.5 Å². The minimum atomic E-state index is 0.849. The highest BCUT2D eigenvalue weighted by atomic mass is 32.1. The molecule has 2 N–H and O–H groups in total. The predicted octanol–water partition coefficient (Wildman–Crippen LogP) is 1.29. The van der Waals surface area contributed by atoms with Crippen LogP contribution < -0.4 is 10.6 Å². The van der Waals surface area contributed by atoms with Gasteiger partial charge in [0.2, 0.25) is 0 Å². The normalized spacial score (nSPS) is 10.0. The van der Waals surface area contributed by atoms with E-state index in [1.165, 1.54) is 0 Å². The number of aromatic nitrogens is 1. The number of rotatable bonds is 4. The van der Waals surface area contributed by atoms with Gasteiger partial charge in [0.05, 0.1) is 5.69 Å². The topological polar surface area (TPSA) is 37.0 Å². The standard InChI is InChI=1S/C7H13N3S/c1-3-9-7-10-6(4-8-2)5-11-7/h5,8H,3-4H2,1-2H3,(H,9,10). The van der Waals surface area contributed by atoms with Crippen molar-refractivity contribution in [2.75, 3.05) is 18.9 Å². The number of nitrogens with one attached hydrogen (secondary N) is 2. The van der Waals surface area contributed by atoms with Crippen molar-refractivity contribution in [3.63, 3.8) is 0 Å². The highest BCUT2D eigenvalue weighted by Crippen LogP contribution is 2.14. The summed E-state index contributed by atoms with van der Waals surface area (Å²) in [5.41, 5.74) is 1.11. The number of hydrogen-bond donors (Lipinski definition) is 2. The first-order valence-electron chi connectivity index (χ1n) is 3.69. The van der Waals surface area contributed by atoms with Crippen LogP contribution in [-0.2, 0) is 6.54 Å².